The van der Waals surface area contributed by atoms with Crippen LogP contribution in [0.5, 0.6) is 11.6 Å². The number of aliphatic carboxylic acids is 1. The summed E-state index contributed by atoms with van der Waals surface area (Å²) in [6.07, 6.45) is 11.0. The molecule has 2 aliphatic heterocycles. The molecule has 6 nitrogen and oxygen atoms in total. The van der Waals surface area contributed by atoms with Crippen LogP contribution in [0.4, 0.5) is 0 Å². The van der Waals surface area contributed by atoms with Gasteiger partial charge in [0.2, 0.25) is 5.88 Å². The fourth-order valence-corrected chi connectivity index (χ4v) is 5.80. The van der Waals surface area contributed by atoms with Gasteiger partial charge in [-0.25, -0.2) is 4.98 Å². The molecule has 0 amide bonds. The Morgan fingerprint density at radius 3 is 2.56 bits per heavy atom. The number of aryl methyl sites for hydroxylation is 1. The predicted molar refractivity (Wildman–Crippen MR) is 162 cm³/mol. The summed E-state index contributed by atoms with van der Waals surface area (Å²) in [6, 6.07) is 16.9. The Kier molecular flexibility index (Phi) is 8.98. The molecule has 2 aromatic carbocycles. The molecule has 1 N–H and O–H groups in total. The third-order valence-corrected chi connectivity index (χ3v) is 8.59. The molecule has 3 aliphatic rings. The molecule has 2 atom stereocenters. The second-order valence-corrected chi connectivity index (χ2v) is 12.4. The van der Waals surface area contributed by atoms with Crippen LogP contribution in [0.15, 0.2) is 54.7 Å². The van der Waals surface area contributed by atoms with Gasteiger partial charge in [-0.3, -0.25) is 9.69 Å². The van der Waals surface area contributed by atoms with Gasteiger partial charge in [0.1, 0.15) is 11.9 Å². The first kappa shape index (κ1) is 29.1. The Morgan fingerprint density at radius 2 is 1.88 bits per heavy atom. The quantitative estimate of drug-likeness (QED) is 0.308. The number of aromatic nitrogens is 1. The van der Waals surface area contributed by atoms with Gasteiger partial charge in [-0.1, -0.05) is 50.5 Å². The van der Waals surface area contributed by atoms with Crippen molar-refractivity contribution in [3.8, 4) is 22.8 Å². The number of likely N-dealkylation sites (tertiary alicyclic amines) is 1. The molecule has 0 bridgehead atoms. The molecule has 3 aromatic rings. The molecule has 0 spiro atoms. The van der Waals surface area contributed by atoms with E-state index in [0.717, 1.165) is 48.4 Å². The minimum Gasteiger partial charge on any atom is -0.485 e. The molecule has 6 heteroatoms. The van der Waals surface area contributed by atoms with Crippen LogP contribution in [0.3, 0.4) is 0 Å². The lowest BCUT2D eigenvalue weighted by molar-refractivity contribution is -0.141. The number of ether oxygens (including phenoxy) is 2. The van der Waals surface area contributed by atoms with Crippen LogP contribution in [-0.2, 0) is 24.2 Å². The zero-order valence-corrected chi connectivity index (χ0v) is 25.0. The summed E-state index contributed by atoms with van der Waals surface area (Å²) >= 11 is 0. The zero-order chi connectivity index (χ0) is 29.0. The average Bonchev–Trinajstić information content (AvgIpc) is 3.82. The van der Waals surface area contributed by atoms with E-state index >= 15 is 0 Å². The highest BCUT2D eigenvalue weighted by atomic mass is 16.5. The van der Waals surface area contributed by atoms with Crippen molar-refractivity contribution in [2.24, 2.45) is 5.92 Å². The molecule has 2 fully saturated rings. The standard InChI is InChI=1S/C32H38N2O4.C3H6/c1-21(31(35)36)16-22-6-7-23-9-11-28(38-29(23)17-22)27-10-8-24(25-12-14-33-30(19-25)37-4)18-26(27)20-34-15-5-13-32(34,2)3;1-2-3-1/h6-8,10,12,14,17-19,21,28H,5,9,11,13,15-16,20H2,1-4H3,(H,35,36);1-3H2. The highest BCUT2D eigenvalue weighted by molar-refractivity contribution is 5.70. The maximum atomic E-state index is 11.4. The lowest BCUT2D eigenvalue weighted by Crippen LogP contribution is -2.37. The zero-order valence-electron chi connectivity index (χ0n) is 25.0. The number of pyridine rings is 1. The molecule has 2 unspecified atom stereocenters. The van der Waals surface area contributed by atoms with E-state index in [1.165, 1.54) is 48.8 Å². The van der Waals surface area contributed by atoms with Crippen LogP contribution in [0, 0.1) is 5.92 Å². The molecule has 1 saturated heterocycles. The molecule has 1 aromatic heterocycles. The van der Waals surface area contributed by atoms with Crippen molar-refractivity contribution in [1.29, 1.82) is 0 Å². The Labute approximate surface area is 244 Å². The fraction of sp³-hybridized carbons (Fsp3) is 0.486. The lowest BCUT2D eigenvalue weighted by atomic mass is 9.90. The number of benzene rings is 2. The van der Waals surface area contributed by atoms with Gasteiger partial charge in [0.05, 0.1) is 13.0 Å². The van der Waals surface area contributed by atoms with Crippen LogP contribution in [0.2, 0.25) is 0 Å². The van der Waals surface area contributed by atoms with Gasteiger partial charge in [-0.15, -0.1) is 0 Å². The van der Waals surface area contributed by atoms with Crippen molar-refractivity contribution in [3.05, 3.63) is 77.0 Å². The number of hydrogen-bond donors (Lipinski definition) is 1. The van der Waals surface area contributed by atoms with Gasteiger partial charge in [0.25, 0.3) is 0 Å². The second kappa shape index (κ2) is 12.6. The summed E-state index contributed by atoms with van der Waals surface area (Å²) in [6.45, 7) is 8.40. The summed E-state index contributed by atoms with van der Waals surface area (Å²) < 4.78 is 12.0. The van der Waals surface area contributed by atoms with Crippen molar-refractivity contribution in [1.82, 2.24) is 9.88 Å². The number of fused-ring (bicyclic) bond motifs is 1. The number of hydrogen-bond acceptors (Lipinski definition) is 5. The molecule has 3 heterocycles. The average molecular weight is 557 g/mol. The Morgan fingerprint density at radius 1 is 1.10 bits per heavy atom. The minimum absolute atomic E-state index is 0.0450. The summed E-state index contributed by atoms with van der Waals surface area (Å²) in [7, 11) is 1.64. The first-order valence-corrected chi connectivity index (χ1v) is 15.1. The maximum Gasteiger partial charge on any atom is 0.306 e. The molecule has 41 heavy (non-hydrogen) atoms. The molecule has 1 aliphatic carbocycles. The van der Waals surface area contributed by atoms with E-state index < -0.39 is 11.9 Å². The van der Waals surface area contributed by atoms with E-state index in [-0.39, 0.29) is 11.6 Å². The summed E-state index contributed by atoms with van der Waals surface area (Å²) in [4.78, 5) is 18.2. The van der Waals surface area contributed by atoms with Crippen LogP contribution in [0.1, 0.15) is 87.7 Å². The normalized spacial score (nSPS) is 19.8. The summed E-state index contributed by atoms with van der Waals surface area (Å²) in [5.74, 6) is 0.283. The highest BCUT2D eigenvalue weighted by Crippen LogP contribution is 2.40. The SMILES string of the molecule is C1CC1.COc1cc(-c2ccc(C3CCc4ccc(CC(C)C(=O)O)cc4O3)c(CN3CCCC3(C)C)c2)ccn1. The third-order valence-electron chi connectivity index (χ3n) is 8.59. The molecular weight excluding hydrogens is 512 g/mol. The predicted octanol–water partition coefficient (Wildman–Crippen LogP) is 7.63. The number of methoxy groups -OCH3 is 1. The van der Waals surface area contributed by atoms with Gasteiger partial charge < -0.3 is 14.6 Å². The number of carboxylic acid groups (broad SMARTS) is 1. The number of nitrogens with zero attached hydrogens (tertiary/aromatic N) is 2. The molecule has 218 valence electrons. The van der Waals surface area contributed by atoms with E-state index in [4.69, 9.17) is 9.47 Å². The summed E-state index contributed by atoms with van der Waals surface area (Å²) in [5.41, 5.74) is 7.10. The van der Waals surface area contributed by atoms with Gasteiger partial charge in [0, 0.05) is 24.3 Å². The Bertz CT molecular complexity index is 1360. The first-order chi connectivity index (χ1) is 19.7. The van der Waals surface area contributed by atoms with Crippen LogP contribution < -0.4 is 9.47 Å². The van der Waals surface area contributed by atoms with E-state index in [1.807, 2.05) is 24.3 Å². The van der Waals surface area contributed by atoms with Crippen LogP contribution >= 0.6 is 0 Å². The highest BCUT2D eigenvalue weighted by Gasteiger charge is 2.33. The Hall–Kier alpha value is -3.38. The van der Waals surface area contributed by atoms with Crippen molar-refractivity contribution in [3.63, 3.8) is 0 Å². The smallest absolute Gasteiger partial charge is 0.306 e. The van der Waals surface area contributed by atoms with E-state index in [1.54, 1.807) is 20.2 Å². The lowest BCUT2D eigenvalue weighted by Gasteiger charge is -2.34. The number of rotatable bonds is 8. The van der Waals surface area contributed by atoms with Crippen LogP contribution in [0.25, 0.3) is 11.1 Å². The number of carbonyl (C=O) groups is 1. The van der Waals surface area contributed by atoms with Gasteiger partial charge in [0.15, 0.2) is 0 Å². The maximum absolute atomic E-state index is 11.4. The van der Waals surface area contributed by atoms with Gasteiger partial charge in [-0.05, 0) is 104 Å². The van der Waals surface area contributed by atoms with Crippen molar-refractivity contribution in [2.75, 3.05) is 13.7 Å². The Balaban J connectivity index is 0.00000106. The van der Waals surface area contributed by atoms with E-state index in [0.29, 0.717) is 12.3 Å². The third kappa shape index (κ3) is 7.28. The second-order valence-electron chi connectivity index (χ2n) is 12.4. The molecule has 6 rings (SSSR count). The first-order valence-electron chi connectivity index (χ1n) is 15.1. The van der Waals surface area contributed by atoms with Gasteiger partial charge in [-0.2, -0.15) is 0 Å². The van der Waals surface area contributed by atoms with Crippen molar-refractivity contribution < 1.29 is 19.4 Å². The van der Waals surface area contributed by atoms with Gasteiger partial charge >= 0.3 is 5.97 Å². The summed E-state index contributed by atoms with van der Waals surface area (Å²) in [5, 5.41) is 9.35. The van der Waals surface area contributed by atoms with E-state index in [9.17, 15) is 9.90 Å². The largest absolute Gasteiger partial charge is 0.485 e. The van der Waals surface area contributed by atoms with Crippen LogP contribution in [-0.4, -0.2) is 40.2 Å². The molecule has 0 radical (unpaired) electrons. The number of carboxylic acids is 1. The minimum atomic E-state index is -0.775. The topological polar surface area (TPSA) is 71.9 Å². The van der Waals surface area contributed by atoms with E-state index in [2.05, 4.69) is 48.0 Å². The molecule has 1 saturated carbocycles. The fourth-order valence-electron chi connectivity index (χ4n) is 5.80. The van der Waals surface area contributed by atoms with Crippen molar-refractivity contribution >= 4 is 5.97 Å². The van der Waals surface area contributed by atoms with Crippen molar-refractivity contribution in [2.45, 2.75) is 90.3 Å². The molecular formula is C35H44N2O4. The monoisotopic (exact) mass is 556 g/mol.